The number of halogens is 1. The summed E-state index contributed by atoms with van der Waals surface area (Å²) in [6.45, 7) is 0. The van der Waals surface area contributed by atoms with E-state index in [1.165, 1.54) is 6.07 Å². The second-order valence-corrected chi connectivity index (χ2v) is 5.69. The summed E-state index contributed by atoms with van der Waals surface area (Å²) in [4.78, 5) is 35.9. The van der Waals surface area contributed by atoms with Gasteiger partial charge >= 0.3 is 0 Å². The summed E-state index contributed by atoms with van der Waals surface area (Å²) in [5.41, 5.74) is 5.27. The van der Waals surface area contributed by atoms with Gasteiger partial charge in [-0.25, -0.2) is 0 Å². The van der Waals surface area contributed by atoms with Crippen LogP contribution in [0.3, 0.4) is 0 Å². The van der Waals surface area contributed by atoms with E-state index in [0.29, 0.717) is 11.4 Å². The molecule has 0 aromatic heterocycles. The Morgan fingerprint density at radius 1 is 1.08 bits per heavy atom. The summed E-state index contributed by atoms with van der Waals surface area (Å²) in [6.07, 6.45) is -1.23. The van der Waals surface area contributed by atoms with Crippen LogP contribution >= 0.6 is 11.6 Å². The number of amides is 3. The monoisotopic (exact) mass is 359 g/mol. The zero-order valence-electron chi connectivity index (χ0n) is 12.9. The van der Waals surface area contributed by atoms with Crippen molar-refractivity contribution in [3.8, 4) is 5.75 Å². The Balaban J connectivity index is 1.56. The molecule has 25 heavy (non-hydrogen) atoms. The number of hydrazine groups is 1. The molecular formula is C17H14ClN3O4. The van der Waals surface area contributed by atoms with E-state index in [1.54, 1.807) is 42.5 Å². The number of benzene rings is 2. The number of hydrogen-bond donors (Lipinski definition) is 3. The van der Waals surface area contributed by atoms with Crippen molar-refractivity contribution in [3.05, 3.63) is 59.1 Å². The van der Waals surface area contributed by atoms with Gasteiger partial charge < -0.3 is 10.1 Å². The molecule has 3 amide bonds. The molecule has 0 saturated heterocycles. The second kappa shape index (κ2) is 7.23. The number of rotatable bonds is 3. The molecule has 3 N–H and O–H groups in total. The third-order valence-corrected chi connectivity index (χ3v) is 3.84. The highest BCUT2D eigenvalue weighted by molar-refractivity contribution is 6.33. The molecule has 0 bridgehead atoms. The Morgan fingerprint density at radius 2 is 1.80 bits per heavy atom. The van der Waals surface area contributed by atoms with Crippen LogP contribution < -0.4 is 20.9 Å². The van der Waals surface area contributed by atoms with Gasteiger partial charge in [-0.1, -0.05) is 35.9 Å². The molecule has 0 spiro atoms. The van der Waals surface area contributed by atoms with Gasteiger partial charge in [-0.2, -0.15) is 0 Å². The molecular weight excluding hydrogens is 346 g/mol. The van der Waals surface area contributed by atoms with Crippen molar-refractivity contribution in [1.82, 2.24) is 10.9 Å². The van der Waals surface area contributed by atoms with E-state index in [1.807, 2.05) is 0 Å². The van der Waals surface area contributed by atoms with E-state index in [2.05, 4.69) is 16.2 Å². The summed E-state index contributed by atoms with van der Waals surface area (Å²) in [5, 5.41) is 2.93. The van der Waals surface area contributed by atoms with Crippen molar-refractivity contribution in [2.75, 3.05) is 5.32 Å². The third kappa shape index (κ3) is 3.89. The molecule has 2 aromatic rings. The van der Waals surface area contributed by atoms with Crippen LogP contribution in [-0.4, -0.2) is 23.8 Å². The van der Waals surface area contributed by atoms with Crippen LogP contribution in [-0.2, 0) is 9.59 Å². The van der Waals surface area contributed by atoms with E-state index < -0.39 is 23.8 Å². The smallest absolute Gasteiger partial charge is 0.271 e. The average Bonchev–Trinajstić information content (AvgIpc) is 2.61. The number of hydrogen-bond acceptors (Lipinski definition) is 4. The lowest BCUT2D eigenvalue weighted by atomic mass is 10.1. The number of ether oxygens (including phenoxy) is 1. The topological polar surface area (TPSA) is 96.5 Å². The van der Waals surface area contributed by atoms with Crippen LogP contribution in [0.25, 0.3) is 0 Å². The lowest BCUT2D eigenvalue weighted by molar-refractivity contribution is -0.130. The molecule has 3 rings (SSSR count). The quantitative estimate of drug-likeness (QED) is 0.729. The van der Waals surface area contributed by atoms with Crippen LogP contribution in [0.2, 0.25) is 5.02 Å². The van der Waals surface area contributed by atoms with Crippen molar-refractivity contribution in [1.29, 1.82) is 0 Å². The van der Waals surface area contributed by atoms with Gasteiger partial charge in [0.05, 0.1) is 22.7 Å². The lowest BCUT2D eigenvalue weighted by Crippen LogP contribution is -2.46. The van der Waals surface area contributed by atoms with Gasteiger partial charge in [-0.3, -0.25) is 25.2 Å². The zero-order chi connectivity index (χ0) is 17.8. The highest BCUT2D eigenvalue weighted by atomic mass is 35.5. The highest BCUT2D eigenvalue weighted by Gasteiger charge is 2.29. The van der Waals surface area contributed by atoms with Crippen LogP contribution in [0.4, 0.5) is 5.69 Å². The first-order chi connectivity index (χ1) is 12.0. The molecule has 8 heteroatoms. The van der Waals surface area contributed by atoms with Gasteiger partial charge in [-0.15, -0.1) is 0 Å². The van der Waals surface area contributed by atoms with Crippen molar-refractivity contribution >= 4 is 35.0 Å². The summed E-state index contributed by atoms with van der Waals surface area (Å²) in [7, 11) is 0. The average molecular weight is 360 g/mol. The van der Waals surface area contributed by atoms with E-state index in [4.69, 9.17) is 16.3 Å². The molecule has 7 nitrogen and oxygen atoms in total. The Labute approximate surface area is 148 Å². The Morgan fingerprint density at radius 3 is 2.60 bits per heavy atom. The number of nitrogens with one attached hydrogen (secondary N) is 3. The minimum atomic E-state index is -0.980. The molecule has 128 valence electrons. The molecule has 0 unspecified atom stereocenters. The van der Waals surface area contributed by atoms with Gasteiger partial charge in [-0.05, 0) is 24.3 Å². The van der Waals surface area contributed by atoms with E-state index >= 15 is 0 Å². The Hall–Kier alpha value is -3.06. The molecule has 0 fully saturated rings. The first-order valence-corrected chi connectivity index (χ1v) is 7.82. The van der Waals surface area contributed by atoms with Crippen LogP contribution in [0.5, 0.6) is 5.75 Å². The van der Waals surface area contributed by atoms with Crippen molar-refractivity contribution in [2.45, 2.75) is 12.5 Å². The second-order valence-electron chi connectivity index (χ2n) is 5.28. The number of fused-ring (bicyclic) bond motifs is 1. The van der Waals surface area contributed by atoms with Crippen LogP contribution in [0.15, 0.2) is 48.5 Å². The first kappa shape index (κ1) is 16.8. The minimum Gasteiger partial charge on any atom is -0.478 e. The summed E-state index contributed by atoms with van der Waals surface area (Å²) >= 11 is 5.91. The van der Waals surface area contributed by atoms with Gasteiger partial charge in [0.25, 0.3) is 11.8 Å². The summed E-state index contributed by atoms with van der Waals surface area (Å²) in [6, 6.07) is 13.4. The maximum Gasteiger partial charge on any atom is 0.271 e. The Kier molecular flexibility index (Phi) is 4.85. The van der Waals surface area contributed by atoms with Gasteiger partial charge in [0.15, 0.2) is 6.10 Å². The number of carbonyl (C=O) groups excluding carboxylic acids is 3. The molecule has 1 heterocycles. The fraction of sp³-hybridized carbons (Fsp3) is 0.118. The normalized spacial score (nSPS) is 15.4. The highest BCUT2D eigenvalue weighted by Crippen LogP contribution is 2.29. The molecule has 1 atom stereocenters. The minimum absolute atomic E-state index is 0.227. The van der Waals surface area contributed by atoms with Crippen LogP contribution in [0, 0.1) is 0 Å². The molecule has 0 saturated carbocycles. The van der Waals surface area contributed by atoms with E-state index in [9.17, 15) is 14.4 Å². The molecule has 1 aliphatic heterocycles. The maximum atomic E-state index is 12.0. The van der Waals surface area contributed by atoms with Crippen molar-refractivity contribution in [2.24, 2.45) is 0 Å². The predicted molar refractivity (Wildman–Crippen MR) is 91.2 cm³/mol. The number of carbonyl (C=O) groups is 3. The molecule has 2 aromatic carbocycles. The maximum absolute atomic E-state index is 12.0. The zero-order valence-corrected chi connectivity index (χ0v) is 13.7. The van der Waals surface area contributed by atoms with Gasteiger partial charge in [0.2, 0.25) is 5.91 Å². The fourth-order valence-corrected chi connectivity index (χ4v) is 2.51. The summed E-state index contributed by atoms with van der Waals surface area (Å²) < 4.78 is 5.52. The van der Waals surface area contributed by atoms with E-state index in [0.717, 1.165) is 0 Å². The Bertz CT molecular complexity index is 840. The van der Waals surface area contributed by atoms with Crippen molar-refractivity contribution in [3.63, 3.8) is 0 Å². The predicted octanol–water partition coefficient (Wildman–Crippen LogP) is 1.89. The van der Waals surface area contributed by atoms with Crippen molar-refractivity contribution < 1.29 is 19.1 Å². The molecule has 1 aliphatic rings. The van der Waals surface area contributed by atoms with Crippen LogP contribution in [0.1, 0.15) is 16.8 Å². The SMILES string of the molecule is O=C(C[C@H]1Oc2ccccc2NC1=O)NNC(=O)c1ccccc1Cl. The standard InChI is InChI=1S/C17H14ClN3O4/c18-11-6-2-1-5-10(11)16(23)21-20-15(22)9-14-17(24)19-12-7-3-4-8-13(12)25-14/h1-8,14H,9H2,(H,19,24)(H,20,22)(H,21,23)/t14-/m1/s1. The van der Waals surface area contributed by atoms with Gasteiger partial charge in [0, 0.05) is 0 Å². The lowest BCUT2D eigenvalue weighted by Gasteiger charge is -2.25. The largest absolute Gasteiger partial charge is 0.478 e. The van der Waals surface area contributed by atoms with E-state index in [-0.39, 0.29) is 17.0 Å². The molecule has 0 aliphatic carbocycles. The number of para-hydroxylation sites is 2. The third-order valence-electron chi connectivity index (χ3n) is 3.51. The summed E-state index contributed by atoms with van der Waals surface area (Å²) in [5.74, 6) is -1.07. The molecule has 0 radical (unpaired) electrons. The first-order valence-electron chi connectivity index (χ1n) is 7.45. The van der Waals surface area contributed by atoms with Gasteiger partial charge in [0.1, 0.15) is 5.75 Å². The fourth-order valence-electron chi connectivity index (χ4n) is 2.29. The number of anilines is 1.